The fraction of sp³-hybridized carbons (Fsp3) is 0.824. The number of nitrogens with zero attached hydrogens (tertiary/aromatic N) is 1. The highest BCUT2D eigenvalue weighted by atomic mass is 32.1. The summed E-state index contributed by atoms with van der Waals surface area (Å²) in [7, 11) is 1.87. The second kappa shape index (κ2) is 7.70. The monoisotopic (exact) mass is 310 g/mol. The lowest BCUT2D eigenvalue weighted by atomic mass is 9.95. The lowest BCUT2D eigenvalue weighted by Gasteiger charge is -2.29. The molecule has 1 heterocycles. The number of methoxy groups -OCH3 is 1. The largest absolute Gasteiger partial charge is 0.371 e. The van der Waals surface area contributed by atoms with E-state index in [1.54, 1.807) is 0 Å². The van der Waals surface area contributed by atoms with Crippen molar-refractivity contribution in [3.05, 3.63) is 15.6 Å². The zero-order valence-corrected chi connectivity index (χ0v) is 14.8. The van der Waals surface area contributed by atoms with Gasteiger partial charge in [-0.1, -0.05) is 46.5 Å². The van der Waals surface area contributed by atoms with Gasteiger partial charge in [-0.25, -0.2) is 4.98 Å². The van der Waals surface area contributed by atoms with Crippen LogP contribution in [0.1, 0.15) is 80.8 Å². The van der Waals surface area contributed by atoms with E-state index in [9.17, 15) is 0 Å². The molecule has 1 fully saturated rings. The first-order chi connectivity index (χ1) is 10.1. The molecule has 2 rings (SSSR count). The molecule has 4 heteroatoms. The van der Waals surface area contributed by atoms with E-state index in [2.05, 4.69) is 26.1 Å². The standard InChI is InChI=1S/C17H30N2OS/c1-5-18-12-14-15(13(2)3)19-16(21-14)17(20-4)10-8-6-7-9-11-17/h13,18H,5-12H2,1-4H3. The Balaban J connectivity index is 2.32. The molecule has 0 unspecified atom stereocenters. The van der Waals surface area contributed by atoms with E-state index in [0.29, 0.717) is 5.92 Å². The summed E-state index contributed by atoms with van der Waals surface area (Å²) in [6.07, 6.45) is 7.42. The second-order valence-electron chi connectivity index (χ2n) is 6.38. The van der Waals surface area contributed by atoms with Gasteiger partial charge in [0.2, 0.25) is 0 Å². The summed E-state index contributed by atoms with van der Waals surface area (Å²) in [5.41, 5.74) is 1.13. The first-order valence-electron chi connectivity index (χ1n) is 8.39. The topological polar surface area (TPSA) is 34.1 Å². The third-order valence-electron chi connectivity index (χ3n) is 4.50. The first kappa shape index (κ1) is 16.9. The Morgan fingerprint density at radius 2 is 1.90 bits per heavy atom. The van der Waals surface area contributed by atoms with E-state index >= 15 is 0 Å². The number of aromatic nitrogens is 1. The van der Waals surface area contributed by atoms with Crippen LogP contribution in [-0.2, 0) is 16.9 Å². The Morgan fingerprint density at radius 3 is 2.43 bits per heavy atom. The molecule has 0 spiro atoms. The molecule has 1 N–H and O–H groups in total. The van der Waals surface area contributed by atoms with Crippen molar-refractivity contribution in [1.29, 1.82) is 0 Å². The summed E-state index contributed by atoms with van der Waals surface area (Å²) in [5.74, 6) is 0.475. The van der Waals surface area contributed by atoms with Gasteiger partial charge in [0.25, 0.3) is 0 Å². The Hall–Kier alpha value is -0.450. The molecule has 0 radical (unpaired) electrons. The molecule has 1 aliphatic carbocycles. The molecule has 0 amide bonds. The third-order valence-corrected chi connectivity index (χ3v) is 5.76. The molecular formula is C17H30N2OS. The van der Waals surface area contributed by atoms with Crippen LogP contribution in [0.25, 0.3) is 0 Å². The summed E-state index contributed by atoms with van der Waals surface area (Å²) in [5, 5.41) is 4.66. The van der Waals surface area contributed by atoms with E-state index < -0.39 is 0 Å². The van der Waals surface area contributed by atoms with Crippen LogP contribution < -0.4 is 5.32 Å². The average molecular weight is 311 g/mol. The van der Waals surface area contributed by atoms with Crippen LogP contribution in [0.3, 0.4) is 0 Å². The van der Waals surface area contributed by atoms with Crippen LogP contribution in [0.4, 0.5) is 0 Å². The normalized spacial score (nSPS) is 18.9. The Kier molecular flexibility index (Phi) is 6.20. The molecule has 21 heavy (non-hydrogen) atoms. The minimum atomic E-state index is -0.130. The number of nitrogens with one attached hydrogen (secondary N) is 1. The van der Waals surface area contributed by atoms with Crippen molar-refractivity contribution in [3.63, 3.8) is 0 Å². The van der Waals surface area contributed by atoms with Crippen LogP contribution in [0.2, 0.25) is 0 Å². The molecule has 1 saturated carbocycles. The molecule has 120 valence electrons. The van der Waals surface area contributed by atoms with Crippen molar-refractivity contribution in [1.82, 2.24) is 10.3 Å². The molecule has 1 aromatic rings. The van der Waals surface area contributed by atoms with Crippen molar-refractivity contribution in [2.45, 2.75) is 77.4 Å². The van der Waals surface area contributed by atoms with Crippen LogP contribution in [0.5, 0.6) is 0 Å². The molecule has 0 aromatic carbocycles. The van der Waals surface area contributed by atoms with Crippen LogP contribution >= 0.6 is 11.3 Å². The summed E-state index contributed by atoms with van der Waals surface area (Å²) >= 11 is 1.87. The van der Waals surface area contributed by atoms with E-state index in [0.717, 1.165) is 25.9 Å². The van der Waals surface area contributed by atoms with Gasteiger partial charge in [-0.3, -0.25) is 0 Å². The highest BCUT2D eigenvalue weighted by Gasteiger charge is 2.36. The lowest BCUT2D eigenvalue weighted by Crippen LogP contribution is -2.27. The Bertz CT molecular complexity index is 434. The second-order valence-corrected chi connectivity index (χ2v) is 7.46. The van der Waals surface area contributed by atoms with Crippen molar-refractivity contribution in [3.8, 4) is 0 Å². The Morgan fingerprint density at radius 1 is 1.24 bits per heavy atom. The van der Waals surface area contributed by atoms with Gasteiger partial charge in [-0.05, 0) is 25.3 Å². The summed E-state index contributed by atoms with van der Waals surface area (Å²) in [6, 6.07) is 0. The maximum Gasteiger partial charge on any atom is 0.125 e. The zero-order chi connectivity index (χ0) is 15.3. The fourth-order valence-corrected chi connectivity index (χ4v) is 4.59. The molecular weight excluding hydrogens is 280 g/mol. The van der Waals surface area contributed by atoms with Crippen molar-refractivity contribution in [2.75, 3.05) is 13.7 Å². The van der Waals surface area contributed by atoms with Gasteiger partial charge in [-0.15, -0.1) is 11.3 Å². The molecule has 0 bridgehead atoms. The van der Waals surface area contributed by atoms with Gasteiger partial charge in [-0.2, -0.15) is 0 Å². The molecule has 0 atom stereocenters. The smallest absolute Gasteiger partial charge is 0.125 e. The summed E-state index contributed by atoms with van der Waals surface area (Å²) < 4.78 is 6.02. The number of rotatable bonds is 6. The highest BCUT2D eigenvalue weighted by molar-refractivity contribution is 7.11. The van der Waals surface area contributed by atoms with Crippen LogP contribution in [0, 0.1) is 0 Å². The van der Waals surface area contributed by atoms with Gasteiger partial charge >= 0.3 is 0 Å². The predicted octanol–water partition coefficient (Wildman–Crippen LogP) is 4.57. The maximum atomic E-state index is 6.02. The number of hydrogen-bond acceptors (Lipinski definition) is 4. The molecule has 0 saturated heterocycles. The number of hydrogen-bond donors (Lipinski definition) is 1. The minimum absolute atomic E-state index is 0.130. The highest BCUT2D eigenvalue weighted by Crippen LogP contribution is 2.42. The predicted molar refractivity (Wildman–Crippen MR) is 90.0 cm³/mol. The van der Waals surface area contributed by atoms with Crippen molar-refractivity contribution < 1.29 is 4.74 Å². The summed E-state index contributed by atoms with van der Waals surface area (Å²) in [6.45, 7) is 8.56. The average Bonchev–Trinajstić information content (AvgIpc) is 2.76. The van der Waals surface area contributed by atoms with Gasteiger partial charge in [0.15, 0.2) is 0 Å². The number of ether oxygens (including phenoxy) is 1. The van der Waals surface area contributed by atoms with E-state index in [-0.39, 0.29) is 5.60 Å². The van der Waals surface area contributed by atoms with E-state index in [4.69, 9.17) is 9.72 Å². The van der Waals surface area contributed by atoms with Gasteiger partial charge in [0.05, 0.1) is 5.69 Å². The quantitative estimate of drug-likeness (QED) is 0.781. The maximum absolute atomic E-state index is 6.02. The zero-order valence-electron chi connectivity index (χ0n) is 14.0. The fourth-order valence-electron chi connectivity index (χ4n) is 3.18. The van der Waals surface area contributed by atoms with E-state index in [1.165, 1.54) is 41.3 Å². The minimum Gasteiger partial charge on any atom is -0.371 e. The van der Waals surface area contributed by atoms with E-state index in [1.807, 2.05) is 18.4 Å². The van der Waals surface area contributed by atoms with Crippen LogP contribution in [0.15, 0.2) is 0 Å². The SMILES string of the molecule is CCNCc1sc(C2(OC)CCCCCC2)nc1C(C)C. The summed E-state index contributed by atoms with van der Waals surface area (Å²) in [4.78, 5) is 6.42. The van der Waals surface area contributed by atoms with Crippen molar-refractivity contribution >= 4 is 11.3 Å². The molecule has 0 aliphatic heterocycles. The van der Waals surface area contributed by atoms with Gasteiger partial charge in [0, 0.05) is 18.5 Å². The number of thiazole rings is 1. The van der Waals surface area contributed by atoms with Gasteiger partial charge in [0.1, 0.15) is 10.6 Å². The van der Waals surface area contributed by atoms with Crippen molar-refractivity contribution in [2.24, 2.45) is 0 Å². The van der Waals surface area contributed by atoms with Gasteiger partial charge < -0.3 is 10.1 Å². The third kappa shape index (κ3) is 3.85. The first-order valence-corrected chi connectivity index (χ1v) is 9.20. The molecule has 1 aliphatic rings. The van der Waals surface area contributed by atoms with Crippen LogP contribution in [-0.4, -0.2) is 18.6 Å². The Labute approximate surface area is 133 Å². The lowest BCUT2D eigenvalue weighted by molar-refractivity contribution is -0.0280. The molecule has 3 nitrogen and oxygen atoms in total. The molecule has 1 aromatic heterocycles.